The van der Waals surface area contributed by atoms with Crippen LogP contribution in [0.1, 0.15) is 19.4 Å². The number of rotatable bonds is 6. The Morgan fingerprint density at radius 3 is 2.40 bits per heavy atom. The summed E-state index contributed by atoms with van der Waals surface area (Å²) in [5.41, 5.74) is -1.08. The molecule has 1 rings (SSSR count). The van der Waals surface area contributed by atoms with Gasteiger partial charge in [-0.3, -0.25) is 9.69 Å². The Hall–Kier alpha value is -1.72. The first kappa shape index (κ1) is 16.3. The van der Waals surface area contributed by atoms with Crippen LogP contribution in [0.2, 0.25) is 0 Å². The fourth-order valence-corrected chi connectivity index (χ4v) is 1.91. The van der Waals surface area contributed by atoms with Crippen molar-refractivity contribution in [3.8, 4) is 0 Å². The van der Waals surface area contributed by atoms with Gasteiger partial charge in [0.2, 0.25) is 5.60 Å². The minimum absolute atomic E-state index is 0.547. The number of hydrogen-bond acceptors (Lipinski definition) is 5. The van der Waals surface area contributed by atoms with E-state index in [4.69, 9.17) is 0 Å². The molecule has 0 aliphatic heterocycles. The summed E-state index contributed by atoms with van der Waals surface area (Å²) >= 11 is 0. The molecule has 5 nitrogen and oxygen atoms in total. The number of nitrogens with zero attached hydrogens (tertiary/aromatic N) is 1. The van der Waals surface area contributed by atoms with Gasteiger partial charge in [-0.05, 0) is 26.5 Å². The van der Waals surface area contributed by atoms with Gasteiger partial charge in [-0.15, -0.1) is 0 Å². The quantitative estimate of drug-likeness (QED) is 0.621. The second-order valence-corrected chi connectivity index (χ2v) is 5.00. The normalized spacial score (nSPS) is 15.5. The highest BCUT2D eigenvalue weighted by Crippen LogP contribution is 2.15. The van der Waals surface area contributed by atoms with Crippen molar-refractivity contribution in [2.45, 2.75) is 32.0 Å². The van der Waals surface area contributed by atoms with E-state index in [2.05, 4.69) is 4.74 Å². The van der Waals surface area contributed by atoms with E-state index < -0.39 is 23.4 Å². The minimum atomic E-state index is -2.13. The van der Waals surface area contributed by atoms with Gasteiger partial charge < -0.3 is 9.84 Å². The average Bonchev–Trinajstić information content (AvgIpc) is 2.45. The predicted octanol–water partition coefficient (Wildman–Crippen LogP) is 1.000. The molecular formula is C15H21NO4. The lowest BCUT2D eigenvalue weighted by Crippen LogP contribution is -2.52. The second-order valence-electron chi connectivity index (χ2n) is 5.00. The van der Waals surface area contributed by atoms with E-state index in [0.717, 1.165) is 19.6 Å². The van der Waals surface area contributed by atoms with Crippen molar-refractivity contribution in [1.29, 1.82) is 0 Å². The first-order valence-corrected chi connectivity index (χ1v) is 6.40. The Morgan fingerprint density at radius 1 is 1.35 bits per heavy atom. The average molecular weight is 279 g/mol. The van der Waals surface area contributed by atoms with Gasteiger partial charge in [0.15, 0.2) is 5.78 Å². The van der Waals surface area contributed by atoms with Gasteiger partial charge in [0, 0.05) is 6.54 Å². The SMILES string of the molecule is COC(=O)C(C)(O)C(=O)[C@H](C)N(C)Cc1ccccc1. The lowest BCUT2D eigenvalue weighted by molar-refractivity contribution is -0.168. The molecule has 1 aromatic carbocycles. The Labute approximate surface area is 119 Å². The summed E-state index contributed by atoms with van der Waals surface area (Å²) in [5.74, 6) is -1.52. The van der Waals surface area contributed by atoms with Crippen LogP contribution in [-0.4, -0.2) is 47.6 Å². The second kappa shape index (κ2) is 6.63. The predicted molar refractivity (Wildman–Crippen MR) is 75.0 cm³/mol. The van der Waals surface area contributed by atoms with Crippen molar-refractivity contribution in [3.05, 3.63) is 35.9 Å². The van der Waals surface area contributed by atoms with Crippen LogP contribution in [0.3, 0.4) is 0 Å². The molecule has 0 amide bonds. The third-order valence-electron chi connectivity index (χ3n) is 3.38. The lowest BCUT2D eigenvalue weighted by Gasteiger charge is -2.29. The molecule has 0 heterocycles. The summed E-state index contributed by atoms with van der Waals surface area (Å²) in [4.78, 5) is 25.4. The molecule has 0 fully saturated rings. The summed E-state index contributed by atoms with van der Waals surface area (Å²) in [6.07, 6.45) is 0. The number of aliphatic hydroxyl groups is 1. The molecule has 0 radical (unpaired) electrons. The number of hydrogen-bond donors (Lipinski definition) is 1. The molecule has 1 N–H and O–H groups in total. The number of esters is 1. The highest BCUT2D eigenvalue weighted by molar-refractivity contribution is 6.08. The number of Topliss-reactive ketones (excluding diaryl/α,β-unsaturated/α-hetero) is 1. The van der Waals surface area contributed by atoms with Crippen LogP contribution in [0.15, 0.2) is 30.3 Å². The van der Waals surface area contributed by atoms with E-state index in [-0.39, 0.29) is 0 Å². The van der Waals surface area contributed by atoms with Crippen molar-refractivity contribution in [3.63, 3.8) is 0 Å². The molecule has 0 aliphatic rings. The maximum absolute atomic E-state index is 12.2. The van der Waals surface area contributed by atoms with Gasteiger partial charge >= 0.3 is 5.97 Å². The monoisotopic (exact) mass is 279 g/mol. The van der Waals surface area contributed by atoms with Gasteiger partial charge in [-0.2, -0.15) is 0 Å². The molecule has 1 aromatic rings. The van der Waals surface area contributed by atoms with Crippen molar-refractivity contribution in [1.82, 2.24) is 4.90 Å². The van der Waals surface area contributed by atoms with E-state index in [1.54, 1.807) is 18.9 Å². The molecule has 0 aromatic heterocycles. The van der Waals surface area contributed by atoms with Crippen molar-refractivity contribution < 1.29 is 19.4 Å². The molecule has 1 unspecified atom stereocenters. The fraction of sp³-hybridized carbons (Fsp3) is 0.467. The van der Waals surface area contributed by atoms with E-state index in [1.165, 1.54) is 0 Å². The van der Waals surface area contributed by atoms with Crippen LogP contribution in [-0.2, 0) is 20.9 Å². The Balaban J connectivity index is 2.76. The van der Waals surface area contributed by atoms with Gasteiger partial charge in [-0.1, -0.05) is 30.3 Å². The number of ketones is 1. The first-order valence-electron chi connectivity index (χ1n) is 6.40. The topological polar surface area (TPSA) is 66.8 Å². The largest absolute Gasteiger partial charge is 0.467 e. The molecule has 5 heteroatoms. The molecule has 110 valence electrons. The minimum Gasteiger partial charge on any atom is -0.467 e. The maximum Gasteiger partial charge on any atom is 0.345 e. The zero-order valence-electron chi connectivity index (χ0n) is 12.3. The number of methoxy groups -OCH3 is 1. The highest BCUT2D eigenvalue weighted by Gasteiger charge is 2.43. The smallest absolute Gasteiger partial charge is 0.345 e. The van der Waals surface area contributed by atoms with Crippen molar-refractivity contribution in [2.24, 2.45) is 0 Å². The standard InChI is InChI=1S/C15H21NO4/c1-11(13(17)15(2,19)14(18)20-4)16(3)10-12-8-6-5-7-9-12/h5-9,11,19H,10H2,1-4H3/t11-,15?/m0/s1. The van der Waals surface area contributed by atoms with E-state index in [1.807, 2.05) is 30.3 Å². The Morgan fingerprint density at radius 2 is 1.90 bits per heavy atom. The summed E-state index contributed by atoms with van der Waals surface area (Å²) < 4.78 is 4.46. The molecule has 0 spiro atoms. The summed E-state index contributed by atoms with van der Waals surface area (Å²) in [6, 6.07) is 9.04. The molecule has 0 bridgehead atoms. The van der Waals surface area contributed by atoms with Gasteiger partial charge in [0.25, 0.3) is 0 Å². The summed E-state index contributed by atoms with van der Waals surface area (Å²) in [7, 11) is 2.91. The molecule has 20 heavy (non-hydrogen) atoms. The van der Waals surface area contributed by atoms with Crippen LogP contribution >= 0.6 is 0 Å². The summed E-state index contributed by atoms with van der Waals surface area (Å²) in [5, 5.41) is 9.99. The zero-order chi connectivity index (χ0) is 15.3. The van der Waals surface area contributed by atoms with Crippen molar-refractivity contribution in [2.75, 3.05) is 14.2 Å². The van der Waals surface area contributed by atoms with Crippen LogP contribution < -0.4 is 0 Å². The number of benzene rings is 1. The third kappa shape index (κ3) is 3.65. The van der Waals surface area contributed by atoms with Crippen LogP contribution in [0, 0.1) is 0 Å². The molecule has 0 saturated heterocycles. The molecule has 0 aliphatic carbocycles. The van der Waals surface area contributed by atoms with E-state index in [0.29, 0.717) is 6.54 Å². The van der Waals surface area contributed by atoms with Gasteiger partial charge in [-0.25, -0.2) is 4.79 Å². The van der Waals surface area contributed by atoms with Crippen LogP contribution in [0.5, 0.6) is 0 Å². The number of ether oxygens (including phenoxy) is 1. The first-order chi connectivity index (χ1) is 9.30. The van der Waals surface area contributed by atoms with Gasteiger partial charge in [0.1, 0.15) is 0 Å². The van der Waals surface area contributed by atoms with E-state index in [9.17, 15) is 14.7 Å². The number of carbonyl (C=O) groups excluding carboxylic acids is 2. The summed E-state index contributed by atoms with van der Waals surface area (Å²) in [6.45, 7) is 3.36. The maximum atomic E-state index is 12.2. The number of likely N-dealkylation sites (N-methyl/N-ethyl adjacent to an activating group) is 1. The van der Waals surface area contributed by atoms with Crippen LogP contribution in [0.4, 0.5) is 0 Å². The Kier molecular flexibility index (Phi) is 5.42. The number of carbonyl (C=O) groups is 2. The lowest BCUT2D eigenvalue weighted by atomic mass is 9.95. The molecule has 2 atom stereocenters. The Bertz CT molecular complexity index is 470. The van der Waals surface area contributed by atoms with Crippen LogP contribution in [0.25, 0.3) is 0 Å². The van der Waals surface area contributed by atoms with Crippen molar-refractivity contribution >= 4 is 11.8 Å². The third-order valence-corrected chi connectivity index (χ3v) is 3.38. The highest BCUT2D eigenvalue weighted by atomic mass is 16.5. The fourth-order valence-electron chi connectivity index (χ4n) is 1.91. The van der Waals surface area contributed by atoms with E-state index >= 15 is 0 Å². The molecule has 0 saturated carbocycles. The molecular weight excluding hydrogens is 258 g/mol. The zero-order valence-corrected chi connectivity index (χ0v) is 12.3. The van der Waals surface area contributed by atoms with Gasteiger partial charge in [0.05, 0.1) is 13.2 Å².